The summed E-state index contributed by atoms with van der Waals surface area (Å²) in [5.74, 6) is -0.312. The van der Waals surface area contributed by atoms with Crippen LogP contribution >= 0.6 is 35.0 Å². The molecule has 0 unspecified atom stereocenters. The average molecular weight is 493 g/mol. The molecular weight excluding hydrogens is 475 g/mol. The van der Waals surface area contributed by atoms with Gasteiger partial charge in [0.15, 0.2) is 0 Å². The Morgan fingerprint density at radius 3 is 2.09 bits per heavy atom. The zero-order valence-electron chi connectivity index (χ0n) is 17.4. The summed E-state index contributed by atoms with van der Waals surface area (Å²) in [5.41, 5.74) is 3.64. The van der Waals surface area contributed by atoms with E-state index in [9.17, 15) is 9.59 Å². The zero-order valence-corrected chi connectivity index (χ0v) is 19.7. The molecule has 1 aliphatic heterocycles. The molecule has 1 fully saturated rings. The van der Waals surface area contributed by atoms with Crippen molar-refractivity contribution < 1.29 is 9.59 Å². The standard InChI is InChI=1S/C26H18Cl2N2O2S/c27-21-10-4-1-7-17(21)14-29-15-19(20-9-3-6-12-23(20)29)13-24-25(31)30(26(32)33-24)16-18-8-2-5-11-22(18)28/h1-13,15H,14,16H2/b24-13-. The van der Waals surface area contributed by atoms with Gasteiger partial charge >= 0.3 is 0 Å². The number of benzene rings is 3. The van der Waals surface area contributed by atoms with Gasteiger partial charge in [0.05, 0.1) is 11.4 Å². The molecule has 1 aromatic heterocycles. The molecule has 0 bridgehead atoms. The molecule has 0 spiro atoms. The van der Waals surface area contributed by atoms with Gasteiger partial charge in [0.25, 0.3) is 11.1 Å². The van der Waals surface area contributed by atoms with Crippen molar-refractivity contribution in [3.05, 3.63) is 111 Å². The lowest BCUT2D eigenvalue weighted by molar-refractivity contribution is -0.123. The maximum atomic E-state index is 13.1. The van der Waals surface area contributed by atoms with Gasteiger partial charge in [-0.05, 0) is 47.2 Å². The van der Waals surface area contributed by atoms with E-state index in [0.717, 1.165) is 39.4 Å². The van der Waals surface area contributed by atoms with Crippen LogP contribution in [-0.4, -0.2) is 20.6 Å². The van der Waals surface area contributed by atoms with E-state index in [-0.39, 0.29) is 17.7 Å². The van der Waals surface area contributed by atoms with Gasteiger partial charge in [0, 0.05) is 39.3 Å². The van der Waals surface area contributed by atoms with E-state index in [1.807, 2.05) is 72.9 Å². The summed E-state index contributed by atoms with van der Waals surface area (Å²) < 4.78 is 2.11. The Labute approximate surface area is 205 Å². The lowest BCUT2D eigenvalue weighted by atomic mass is 10.1. The van der Waals surface area contributed by atoms with Crippen LogP contribution in [0.4, 0.5) is 4.79 Å². The van der Waals surface area contributed by atoms with E-state index in [0.29, 0.717) is 21.5 Å². The van der Waals surface area contributed by atoms with Crippen LogP contribution in [0.15, 0.2) is 83.9 Å². The molecule has 1 aliphatic rings. The maximum Gasteiger partial charge on any atom is 0.293 e. The molecule has 7 heteroatoms. The molecular formula is C26H18Cl2N2O2S. The third-order valence-electron chi connectivity index (χ3n) is 5.56. The molecule has 4 nitrogen and oxygen atoms in total. The van der Waals surface area contributed by atoms with Crippen molar-refractivity contribution >= 4 is 63.1 Å². The van der Waals surface area contributed by atoms with Crippen LogP contribution in [0.1, 0.15) is 16.7 Å². The first kappa shape index (κ1) is 21.8. The van der Waals surface area contributed by atoms with Gasteiger partial charge in [-0.1, -0.05) is 77.8 Å². The second kappa shape index (κ2) is 9.10. The minimum atomic E-state index is -0.312. The van der Waals surface area contributed by atoms with E-state index in [4.69, 9.17) is 23.2 Å². The first-order chi connectivity index (χ1) is 16.0. The van der Waals surface area contributed by atoms with Gasteiger partial charge in [0.2, 0.25) is 0 Å². The van der Waals surface area contributed by atoms with E-state index in [1.54, 1.807) is 12.1 Å². The summed E-state index contributed by atoms with van der Waals surface area (Å²) in [6, 6.07) is 22.9. The molecule has 3 aromatic carbocycles. The van der Waals surface area contributed by atoms with Crippen LogP contribution < -0.4 is 0 Å². The number of aromatic nitrogens is 1. The highest BCUT2D eigenvalue weighted by Crippen LogP contribution is 2.36. The summed E-state index contributed by atoms with van der Waals surface area (Å²) in [6.45, 7) is 0.748. The van der Waals surface area contributed by atoms with Crippen LogP contribution in [0, 0.1) is 0 Å². The Balaban J connectivity index is 1.48. The molecule has 33 heavy (non-hydrogen) atoms. The number of carbonyl (C=O) groups excluding carboxylic acids is 2. The van der Waals surface area contributed by atoms with Crippen LogP contribution in [0.25, 0.3) is 17.0 Å². The van der Waals surface area contributed by atoms with E-state index < -0.39 is 0 Å². The molecule has 164 valence electrons. The number of fused-ring (bicyclic) bond motifs is 1. The van der Waals surface area contributed by atoms with Gasteiger partial charge in [0.1, 0.15) is 0 Å². The van der Waals surface area contributed by atoms with Crippen LogP contribution in [-0.2, 0) is 17.9 Å². The van der Waals surface area contributed by atoms with Crippen molar-refractivity contribution in [1.82, 2.24) is 9.47 Å². The predicted octanol–water partition coefficient (Wildman–Crippen LogP) is 7.23. The van der Waals surface area contributed by atoms with Gasteiger partial charge < -0.3 is 4.57 Å². The number of hydrogen-bond acceptors (Lipinski definition) is 3. The molecule has 5 rings (SSSR count). The maximum absolute atomic E-state index is 13.1. The van der Waals surface area contributed by atoms with Crippen molar-refractivity contribution in [2.24, 2.45) is 0 Å². The second-order valence-electron chi connectivity index (χ2n) is 7.68. The summed E-state index contributed by atoms with van der Waals surface area (Å²) in [6.07, 6.45) is 3.79. The van der Waals surface area contributed by atoms with Gasteiger partial charge in [-0.3, -0.25) is 14.5 Å². The third kappa shape index (κ3) is 4.32. The molecule has 0 radical (unpaired) electrons. The molecule has 0 N–H and O–H groups in total. The number of thioether (sulfide) groups is 1. The molecule has 0 atom stereocenters. The Kier molecular flexibility index (Phi) is 6.02. The largest absolute Gasteiger partial charge is 0.342 e. The van der Waals surface area contributed by atoms with Crippen LogP contribution in [0.2, 0.25) is 10.0 Å². The first-order valence-corrected chi connectivity index (χ1v) is 11.9. The summed E-state index contributed by atoms with van der Waals surface area (Å²) >= 11 is 13.6. The minimum Gasteiger partial charge on any atom is -0.342 e. The number of carbonyl (C=O) groups is 2. The number of halogens is 2. The number of nitrogens with zero attached hydrogens (tertiary/aromatic N) is 2. The average Bonchev–Trinajstić information content (AvgIpc) is 3.29. The van der Waals surface area contributed by atoms with Gasteiger partial charge in [-0.25, -0.2) is 0 Å². The molecule has 2 amide bonds. The fourth-order valence-electron chi connectivity index (χ4n) is 3.91. The summed E-state index contributed by atoms with van der Waals surface area (Å²) in [5, 5.41) is 1.94. The topological polar surface area (TPSA) is 42.3 Å². The minimum absolute atomic E-state index is 0.149. The lowest BCUT2D eigenvalue weighted by Crippen LogP contribution is -2.27. The summed E-state index contributed by atoms with van der Waals surface area (Å²) in [4.78, 5) is 27.3. The third-order valence-corrected chi connectivity index (χ3v) is 7.21. The first-order valence-electron chi connectivity index (χ1n) is 10.3. The lowest BCUT2D eigenvalue weighted by Gasteiger charge is -2.13. The van der Waals surface area contributed by atoms with Gasteiger partial charge in [-0.2, -0.15) is 0 Å². The van der Waals surface area contributed by atoms with Crippen molar-refractivity contribution in [3.8, 4) is 0 Å². The van der Waals surface area contributed by atoms with Gasteiger partial charge in [-0.15, -0.1) is 0 Å². The van der Waals surface area contributed by atoms with E-state index in [2.05, 4.69) is 4.57 Å². The smallest absolute Gasteiger partial charge is 0.293 e. The number of hydrogen-bond donors (Lipinski definition) is 0. The second-order valence-corrected chi connectivity index (χ2v) is 9.49. The fourth-order valence-corrected chi connectivity index (χ4v) is 5.13. The molecule has 0 saturated carbocycles. The Bertz CT molecular complexity index is 1430. The molecule has 2 heterocycles. The molecule has 1 saturated heterocycles. The highest BCUT2D eigenvalue weighted by atomic mass is 35.5. The highest BCUT2D eigenvalue weighted by Gasteiger charge is 2.35. The van der Waals surface area contributed by atoms with E-state index in [1.165, 1.54) is 4.90 Å². The Morgan fingerprint density at radius 2 is 1.39 bits per heavy atom. The summed E-state index contributed by atoms with van der Waals surface area (Å²) in [7, 11) is 0. The zero-order chi connectivity index (χ0) is 22.9. The van der Waals surface area contributed by atoms with Crippen LogP contribution in [0.5, 0.6) is 0 Å². The number of para-hydroxylation sites is 1. The highest BCUT2D eigenvalue weighted by molar-refractivity contribution is 8.18. The van der Waals surface area contributed by atoms with E-state index >= 15 is 0 Å². The Morgan fingerprint density at radius 1 is 0.788 bits per heavy atom. The van der Waals surface area contributed by atoms with Crippen LogP contribution in [0.3, 0.4) is 0 Å². The van der Waals surface area contributed by atoms with Crippen molar-refractivity contribution in [2.45, 2.75) is 13.1 Å². The fraction of sp³-hybridized carbons (Fsp3) is 0.0769. The SMILES string of the molecule is O=C1S/C(=C\c2cn(Cc3ccccc3Cl)c3ccccc23)C(=O)N1Cc1ccccc1Cl. The predicted molar refractivity (Wildman–Crippen MR) is 135 cm³/mol. The molecule has 0 aliphatic carbocycles. The normalized spacial score (nSPS) is 15.2. The van der Waals surface area contributed by atoms with Crippen molar-refractivity contribution in [3.63, 3.8) is 0 Å². The Hall–Kier alpha value is -2.99. The number of amides is 2. The van der Waals surface area contributed by atoms with Crippen molar-refractivity contribution in [2.75, 3.05) is 0 Å². The quantitative estimate of drug-likeness (QED) is 0.276. The monoisotopic (exact) mass is 492 g/mol. The van der Waals surface area contributed by atoms with Crippen molar-refractivity contribution in [1.29, 1.82) is 0 Å². The molecule has 4 aromatic rings. The number of rotatable bonds is 5. The number of imide groups is 1.